The Bertz CT molecular complexity index is 132. The van der Waals surface area contributed by atoms with Gasteiger partial charge >= 0.3 is 0 Å². The van der Waals surface area contributed by atoms with E-state index in [4.69, 9.17) is 0 Å². The number of likely N-dealkylation sites (tertiary alicyclic amines) is 1. The zero-order valence-corrected chi connectivity index (χ0v) is 8.84. The number of nitrogens with zero attached hydrogens (tertiary/aromatic N) is 1. The second-order valence-electron chi connectivity index (χ2n) is 2.88. The molecule has 1 saturated heterocycles. The Morgan fingerprint density at radius 1 is 1.27 bits per heavy atom. The summed E-state index contributed by atoms with van der Waals surface area (Å²) in [7, 11) is 0. The molecular weight excluding hydrogens is 253 g/mol. The molecule has 1 aliphatic heterocycles. The smallest absolute Gasteiger partial charge is 0.223 e. The highest BCUT2D eigenvalue weighted by atomic mass is 127. The van der Waals surface area contributed by atoms with E-state index in [1.54, 1.807) is 0 Å². The van der Waals surface area contributed by atoms with Gasteiger partial charge in [-0.2, -0.15) is 0 Å². The minimum absolute atomic E-state index is 0.346. The van der Waals surface area contributed by atoms with Gasteiger partial charge in [0, 0.05) is 23.9 Å². The molecular formula is C8H14INO. The van der Waals surface area contributed by atoms with E-state index in [1.165, 1.54) is 19.3 Å². The number of hydrogen-bond donors (Lipinski definition) is 0. The van der Waals surface area contributed by atoms with Gasteiger partial charge in [0.2, 0.25) is 5.91 Å². The van der Waals surface area contributed by atoms with E-state index in [-0.39, 0.29) is 0 Å². The number of halogens is 1. The van der Waals surface area contributed by atoms with E-state index in [2.05, 4.69) is 22.6 Å². The van der Waals surface area contributed by atoms with Crippen molar-refractivity contribution >= 4 is 28.5 Å². The van der Waals surface area contributed by atoms with Crippen molar-refractivity contribution in [2.45, 2.75) is 25.7 Å². The van der Waals surface area contributed by atoms with Crippen LogP contribution in [0.4, 0.5) is 0 Å². The van der Waals surface area contributed by atoms with Crippen LogP contribution >= 0.6 is 22.6 Å². The topological polar surface area (TPSA) is 20.3 Å². The predicted octanol–water partition coefficient (Wildman–Crippen LogP) is 1.82. The molecule has 0 atom stereocenters. The molecule has 1 rings (SSSR count). The lowest BCUT2D eigenvalue weighted by atomic mass is 10.1. The Morgan fingerprint density at radius 2 is 1.91 bits per heavy atom. The molecule has 1 aliphatic rings. The molecule has 11 heavy (non-hydrogen) atoms. The molecule has 0 unspecified atom stereocenters. The summed E-state index contributed by atoms with van der Waals surface area (Å²) in [6, 6.07) is 0. The van der Waals surface area contributed by atoms with Gasteiger partial charge in [0.05, 0.1) is 0 Å². The second kappa shape index (κ2) is 4.95. The lowest BCUT2D eigenvalue weighted by Gasteiger charge is -2.26. The fourth-order valence-corrected chi connectivity index (χ4v) is 1.84. The lowest BCUT2D eigenvalue weighted by Crippen LogP contribution is -2.35. The van der Waals surface area contributed by atoms with Gasteiger partial charge in [-0.1, -0.05) is 22.6 Å². The van der Waals surface area contributed by atoms with E-state index in [9.17, 15) is 4.79 Å². The number of hydrogen-bond acceptors (Lipinski definition) is 1. The molecule has 0 aromatic heterocycles. The van der Waals surface area contributed by atoms with Crippen molar-refractivity contribution in [3.05, 3.63) is 0 Å². The molecule has 0 radical (unpaired) electrons. The second-order valence-corrected chi connectivity index (χ2v) is 3.96. The fourth-order valence-electron chi connectivity index (χ4n) is 1.38. The summed E-state index contributed by atoms with van der Waals surface area (Å²) >= 11 is 2.25. The normalized spacial score (nSPS) is 18.5. The Morgan fingerprint density at radius 3 is 2.45 bits per heavy atom. The van der Waals surface area contributed by atoms with Crippen LogP contribution in [0.2, 0.25) is 0 Å². The van der Waals surface area contributed by atoms with Crippen LogP contribution in [-0.2, 0) is 4.79 Å². The quantitative estimate of drug-likeness (QED) is 0.552. The highest BCUT2D eigenvalue weighted by Gasteiger charge is 2.14. The average molecular weight is 267 g/mol. The standard InChI is InChI=1S/C8H14INO/c9-5-4-8(11)10-6-2-1-3-7-10/h1-7H2. The summed E-state index contributed by atoms with van der Waals surface area (Å²) in [5.41, 5.74) is 0. The molecule has 0 spiro atoms. The summed E-state index contributed by atoms with van der Waals surface area (Å²) in [5.74, 6) is 0.346. The first kappa shape index (κ1) is 9.29. The molecule has 3 heteroatoms. The molecule has 0 aromatic rings. The van der Waals surface area contributed by atoms with Crippen LogP contribution < -0.4 is 0 Å². The van der Waals surface area contributed by atoms with Crippen molar-refractivity contribution in [1.29, 1.82) is 0 Å². The van der Waals surface area contributed by atoms with Crippen molar-refractivity contribution in [1.82, 2.24) is 4.90 Å². The number of rotatable bonds is 2. The molecule has 1 heterocycles. The lowest BCUT2D eigenvalue weighted by molar-refractivity contribution is -0.131. The zero-order chi connectivity index (χ0) is 8.10. The van der Waals surface area contributed by atoms with Gasteiger partial charge in [-0.05, 0) is 19.3 Å². The van der Waals surface area contributed by atoms with E-state index in [0.717, 1.165) is 23.9 Å². The van der Waals surface area contributed by atoms with Crippen molar-refractivity contribution in [2.75, 3.05) is 17.5 Å². The largest absolute Gasteiger partial charge is 0.343 e. The number of piperidine rings is 1. The fraction of sp³-hybridized carbons (Fsp3) is 0.875. The Balaban J connectivity index is 2.27. The van der Waals surface area contributed by atoms with Gasteiger partial charge in [-0.3, -0.25) is 4.79 Å². The van der Waals surface area contributed by atoms with E-state index < -0.39 is 0 Å². The van der Waals surface area contributed by atoms with E-state index >= 15 is 0 Å². The SMILES string of the molecule is O=C(CCI)N1CCCCC1. The van der Waals surface area contributed by atoms with Crippen LogP contribution in [0.3, 0.4) is 0 Å². The maximum absolute atomic E-state index is 11.3. The van der Waals surface area contributed by atoms with Crippen molar-refractivity contribution in [3.63, 3.8) is 0 Å². The van der Waals surface area contributed by atoms with Gasteiger partial charge in [0.1, 0.15) is 0 Å². The van der Waals surface area contributed by atoms with Crippen LogP contribution in [0.5, 0.6) is 0 Å². The molecule has 0 N–H and O–H groups in total. The van der Waals surface area contributed by atoms with Crippen LogP contribution in [0.25, 0.3) is 0 Å². The third kappa shape index (κ3) is 2.97. The molecule has 0 saturated carbocycles. The first-order chi connectivity index (χ1) is 5.34. The zero-order valence-electron chi connectivity index (χ0n) is 6.68. The highest BCUT2D eigenvalue weighted by Crippen LogP contribution is 2.10. The minimum atomic E-state index is 0.346. The summed E-state index contributed by atoms with van der Waals surface area (Å²) in [5, 5.41) is 0. The van der Waals surface area contributed by atoms with Crippen LogP contribution in [0, 0.1) is 0 Å². The molecule has 64 valence electrons. The maximum atomic E-state index is 11.3. The summed E-state index contributed by atoms with van der Waals surface area (Å²) in [6.45, 7) is 1.99. The third-order valence-electron chi connectivity index (χ3n) is 2.02. The van der Waals surface area contributed by atoms with Gasteiger partial charge in [-0.25, -0.2) is 0 Å². The Hall–Kier alpha value is 0.200. The predicted molar refractivity (Wildman–Crippen MR) is 53.9 cm³/mol. The van der Waals surface area contributed by atoms with E-state index in [1.807, 2.05) is 4.90 Å². The number of amides is 1. The molecule has 0 aliphatic carbocycles. The van der Waals surface area contributed by atoms with Gasteiger partial charge < -0.3 is 4.90 Å². The van der Waals surface area contributed by atoms with Gasteiger partial charge in [-0.15, -0.1) is 0 Å². The summed E-state index contributed by atoms with van der Waals surface area (Å²) < 4.78 is 0.951. The Labute approximate surface area is 81.5 Å². The summed E-state index contributed by atoms with van der Waals surface area (Å²) in [4.78, 5) is 13.3. The molecule has 0 bridgehead atoms. The third-order valence-corrected chi connectivity index (χ3v) is 2.56. The summed E-state index contributed by atoms with van der Waals surface area (Å²) in [6.07, 6.45) is 4.43. The molecule has 0 aromatic carbocycles. The molecule has 2 nitrogen and oxygen atoms in total. The maximum Gasteiger partial charge on any atom is 0.223 e. The Kier molecular flexibility index (Phi) is 4.18. The number of carbonyl (C=O) groups excluding carboxylic acids is 1. The van der Waals surface area contributed by atoms with Gasteiger partial charge in [0.25, 0.3) is 0 Å². The van der Waals surface area contributed by atoms with Crippen LogP contribution in [0.1, 0.15) is 25.7 Å². The number of carbonyl (C=O) groups is 1. The van der Waals surface area contributed by atoms with Crippen LogP contribution in [-0.4, -0.2) is 28.3 Å². The van der Waals surface area contributed by atoms with Crippen molar-refractivity contribution < 1.29 is 4.79 Å². The first-order valence-corrected chi connectivity index (χ1v) is 5.71. The monoisotopic (exact) mass is 267 g/mol. The van der Waals surface area contributed by atoms with Crippen molar-refractivity contribution in [3.8, 4) is 0 Å². The van der Waals surface area contributed by atoms with E-state index in [0.29, 0.717) is 5.91 Å². The first-order valence-electron chi connectivity index (χ1n) is 4.18. The molecule has 1 fully saturated rings. The average Bonchev–Trinajstić information content (AvgIpc) is 2.07. The van der Waals surface area contributed by atoms with Crippen LogP contribution in [0.15, 0.2) is 0 Å². The number of alkyl halides is 1. The minimum Gasteiger partial charge on any atom is -0.343 e. The molecule has 1 amide bonds. The highest BCUT2D eigenvalue weighted by molar-refractivity contribution is 14.1. The van der Waals surface area contributed by atoms with Gasteiger partial charge in [0.15, 0.2) is 0 Å². The van der Waals surface area contributed by atoms with Crippen molar-refractivity contribution in [2.24, 2.45) is 0 Å².